The molecule has 2 N–H and O–H groups in total. The van der Waals surface area contributed by atoms with Crippen LogP contribution in [0.25, 0.3) is 5.78 Å². The number of amides is 4. The summed E-state index contributed by atoms with van der Waals surface area (Å²) >= 11 is 0. The highest BCUT2D eigenvalue weighted by Crippen LogP contribution is 2.31. The van der Waals surface area contributed by atoms with Crippen molar-refractivity contribution >= 4 is 41.2 Å². The first-order valence-electron chi connectivity index (χ1n) is 13.4. The highest BCUT2D eigenvalue weighted by Gasteiger charge is 2.34. The van der Waals surface area contributed by atoms with Crippen LogP contribution in [-0.2, 0) is 14.3 Å². The summed E-state index contributed by atoms with van der Waals surface area (Å²) in [6.07, 6.45) is -1.11. The molecule has 3 aromatic rings. The molecule has 0 bridgehead atoms. The molecule has 0 saturated carbocycles. The number of nitrogens with zero attached hydrogens (tertiary/aromatic N) is 6. The number of anilines is 2. The van der Waals surface area contributed by atoms with Gasteiger partial charge in [0.2, 0.25) is 11.7 Å². The molecule has 2 aliphatic rings. The lowest BCUT2D eigenvalue weighted by Gasteiger charge is -2.36. The lowest BCUT2D eigenvalue weighted by Crippen LogP contribution is -2.51. The predicted molar refractivity (Wildman–Crippen MR) is 143 cm³/mol. The molecule has 0 unspecified atom stereocenters. The zero-order valence-electron chi connectivity index (χ0n) is 22.9. The number of halogens is 4. The summed E-state index contributed by atoms with van der Waals surface area (Å²) in [5.41, 5.74) is -0.359. The average Bonchev–Trinajstić information content (AvgIpc) is 3.61. The van der Waals surface area contributed by atoms with Crippen LogP contribution in [0.1, 0.15) is 10.5 Å². The molecule has 234 valence electrons. The monoisotopic (exact) mass is 622 g/mol. The Labute approximate surface area is 246 Å². The second-order valence-electron chi connectivity index (χ2n) is 9.75. The summed E-state index contributed by atoms with van der Waals surface area (Å²) in [5.74, 6) is -2.49. The molecule has 0 radical (unpaired) electrons. The van der Waals surface area contributed by atoms with Gasteiger partial charge in [0.1, 0.15) is 17.5 Å². The lowest BCUT2D eigenvalue weighted by atomic mass is 10.2. The third kappa shape index (κ3) is 6.90. The van der Waals surface area contributed by atoms with Crippen molar-refractivity contribution in [2.75, 3.05) is 62.2 Å². The van der Waals surface area contributed by atoms with E-state index in [0.717, 1.165) is 17.0 Å². The fourth-order valence-electron chi connectivity index (χ4n) is 4.71. The second kappa shape index (κ2) is 13.0. The number of cyclic esters (lactones) is 1. The van der Waals surface area contributed by atoms with E-state index in [9.17, 15) is 28.0 Å². The fraction of sp³-hybridized carbons (Fsp3) is 0.385. The third-order valence-electron chi connectivity index (χ3n) is 6.82. The van der Waals surface area contributed by atoms with Crippen molar-refractivity contribution in [3.8, 4) is 0 Å². The van der Waals surface area contributed by atoms with Gasteiger partial charge in [-0.05, 0) is 6.07 Å². The fourth-order valence-corrected chi connectivity index (χ4v) is 4.71. The Kier molecular flexibility index (Phi) is 8.96. The first kappa shape index (κ1) is 30.3. The van der Waals surface area contributed by atoms with E-state index in [1.54, 1.807) is 16.7 Å². The predicted octanol–water partition coefficient (Wildman–Crippen LogP) is 1.40. The van der Waals surface area contributed by atoms with Gasteiger partial charge >= 0.3 is 12.2 Å². The number of piperazine rings is 1. The third-order valence-corrected chi connectivity index (χ3v) is 6.82. The number of alkyl carbamates (subject to hydrolysis) is 1. The Morgan fingerprint density at radius 3 is 2.50 bits per heavy atom. The van der Waals surface area contributed by atoms with E-state index in [0.29, 0.717) is 5.78 Å². The Hall–Kier alpha value is -5.16. The molecular weight excluding hydrogens is 596 g/mol. The van der Waals surface area contributed by atoms with Crippen molar-refractivity contribution in [1.29, 1.82) is 0 Å². The van der Waals surface area contributed by atoms with Crippen molar-refractivity contribution in [3.05, 3.63) is 54.1 Å². The van der Waals surface area contributed by atoms with E-state index >= 15 is 8.78 Å². The summed E-state index contributed by atoms with van der Waals surface area (Å²) in [6.45, 7) is -1.34. The summed E-state index contributed by atoms with van der Waals surface area (Å²) < 4.78 is 65.5. The number of carbonyl (C=O) groups is 4. The molecule has 1 aromatic carbocycles. The molecule has 44 heavy (non-hydrogen) atoms. The second-order valence-corrected chi connectivity index (χ2v) is 9.75. The van der Waals surface area contributed by atoms with E-state index in [1.807, 2.05) is 0 Å². The topological polar surface area (TPSA) is 151 Å². The minimum atomic E-state index is -2.84. The molecule has 0 aliphatic carbocycles. The van der Waals surface area contributed by atoms with E-state index in [2.05, 4.69) is 25.3 Å². The Bertz CT molecular complexity index is 1510. The zero-order valence-corrected chi connectivity index (χ0v) is 22.9. The molecular formula is C26H26F4N8O6. The van der Waals surface area contributed by atoms with Gasteiger partial charge in [-0.25, -0.2) is 37.1 Å². The highest BCUT2D eigenvalue weighted by atomic mass is 19.3. The maximum atomic E-state index is 15.1. The van der Waals surface area contributed by atoms with Crippen molar-refractivity contribution in [3.63, 3.8) is 0 Å². The molecule has 18 heteroatoms. The summed E-state index contributed by atoms with van der Waals surface area (Å²) in [4.78, 5) is 60.8. The van der Waals surface area contributed by atoms with Crippen LogP contribution >= 0.6 is 0 Å². The van der Waals surface area contributed by atoms with Crippen molar-refractivity contribution in [2.24, 2.45) is 0 Å². The van der Waals surface area contributed by atoms with E-state index < -0.39 is 48.9 Å². The van der Waals surface area contributed by atoms with Gasteiger partial charge in [0, 0.05) is 56.9 Å². The Morgan fingerprint density at radius 2 is 1.82 bits per heavy atom. The van der Waals surface area contributed by atoms with Gasteiger partial charge in [0.05, 0.1) is 25.3 Å². The van der Waals surface area contributed by atoms with Gasteiger partial charge in [-0.2, -0.15) is 0 Å². The van der Waals surface area contributed by atoms with Crippen LogP contribution in [0, 0.1) is 11.6 Å². The molecule has 2 aromatic heterocycles. The van der Waals surface area contributed by atoms with Crippen LogP contribution in [0.2, 0.25) is 0 Å². The number of rotatable bonds is 9. The van der Waals surface area contributed by atoms with E-state index in [-0.39, 0.29) is 68.8 Å². The number of carbonyl (C=O) groups excluding carboxylic acids is 4. The van der Waals surface area contributed by atoms with Crippen molar-refractivity contribution in [1.82, 2.24) is 29.9 Å². The van der Waals surface area contributed by atoms with Gasteiger partial charge < -0.3 is 29.9 Å². The van der Waals surface area contributed by atoms with Crippen molar-refractivity contribution in [2.45, 2.75) is 12.5 Å². The number of hydrogen-bond donors (Lipinski definition) is 2. The van der Waals surface area contributed by atoms with Gasteiger partial charge in [0.15, 0.2) is 18.2 Å². The van der Waals surface area contributed by atoms with Gasteiger partial charge in [0.25, 0.3) is 12.3 Å². The van der Waals surface area contributed by atoms with Crippen LogP contribution in [0.4, 0.5) is 38.5 Å². The molecule has 4 heterocycles. The molecule has 2 aliphatic heterocycles. The lowest BCUT2D eigenvalue weighted by molar-refractivity contribution is -0.130. The minimum absolute atomic E-state index is 0.0948. The van der Waals surface area contributed by atoms with Gasteiger partial charge in [-0.1, -0.05) is 0 Å². The molecule has 5 rings (SSSR count). The quantitative estimate of drug-likeness (QED) is 0.338. The first-order valence-corrected chi connectivity index (χ1v) is 13.4. The van der Waals surface area contributed by atoms with Crippen molar-refractivity contribution < 1.29 is 46.2 Å². The molecule has 14 nitrogen and oxygen atoms in total. The SMILES string of the molecule is O=C(NC[C@H]1CN(c2cc(F)c(N3CCN(C(=O)CNC(=O)c4cn5cccnc5n4)CC3)c(F)c2)C(=O)O1)OCC(F)F. The summed E-state index contributed by atoms with van der Waals surface area (Å²) in [6, 6.07) is 3.61. The molecule has 1 atom stereocenters. The number of alkyl halides is 2. The highest BCUT2D eigenvalue weighted by molar-refractivity contribution is 5.95. The molecule has 0 spiro atoms. The maximum Gasteiger partial charge on any atom is 0.414 e. The number of ether oxygens (including phenoxy) is 2. The van der Waals surface area contributed by atoms with Crippen LogP contribution in [0.3, 0.4) is 0 Å². The van der Waals surface area contributed by atoms with Crippen LogP contribution in [0.5, 0.6) is 0 Å². The molecule has 2 fully saturated rings. The molecule has 2 saturated heterocycles. The number of fused-ring (bicyclic) bond motifs is 1. The van der Waals surface area contributed by atoms with Gasteiger partial charge in [-0.15, -0.1) is 0 Å². The van der Waals surface area contributed by atoms with E-state index in [4.69, 9.17) is 4.74 Å². The summed E-state index contributed by atoms with van der Waals surface area (Å²) in [5, 5.41) is 4.69. The zero-order chi connectivity index (χ0) is 31.4. The van der Waals surface area contributed by atoms with E-state index in [1.165, 1.54) is 22.2 Å². The maximum absolute atomic E-state index is 15.1. The number of hydrogen-bond acceptors (Lipinski definition) is 9. The average molecular weight is 623 g/mol. The number of benzene rings is 1. The minimum Gasteiger partial charge on any atom is -0.443 e. The number of aromatic nitrogens is 3. The molecule has 4 amide bonds. The van der Waals surface area contributed by atoms with Crippen LogP contribution in [0.15, 0.2) is 36.8 Å². The first-order chi connectivity index (χ1) is 21.1. The smallest absolute Gasteiger partial charge is 0.414 e. The van der Waals surface area contributed by atoms with Gasteiger partial charge in [-0.3, -0.25) is 18.9 Å². The van der Waals surface area contributed by atoms with Crippen LogP contribution in [-0.4, -0.2) is 108 Å². The largest absolute Gasteiger partial charge is 0.443 e. The Balaban J connectivity index is 1.12. The standard InChI is InChI=1S/C26H26F4N8O6/c27-17-8-15(38-12-16(44-26(38)42)10-33-25(41)43-14-20(29)30)9-18(28)22(17)36-6-4-35(5-7-36)21(39)11-32-23(40)19-13-37-3-1-2-31-24(37)34-19/h1-3,8-9,13,16,20H,4-7,10-12,14H2,(H,32,40)(H,33,41)/t16-/m0/s1. The normalized spacial score (nSPS) is 16.8. The number of imidazole rings is 1. The summed E-state index contributed by atoms with van der Waals surface area (Å²) in [7, 11) is 0. The van der Waals surface area contributed by atoms with Crippen LogP contribution < -0.4 is 20.4 Å². The Morgan fingerprint density at radius 1 is 1.09 bits per heavy atom. The number of nitrogens with one attached hydrogen (secondary N) is 2.